The first-order valence-corrected chi connectivity index (χ1v) is 21.7. The summed E-state index contributed by atoms with van der Waals surface area (Å²) in [5.74, 6) is -0.337. The second-order valence-corrected chi connectivity index (χ2v) is 14.4. The standard InChI is InChI=1S/C47H78O9/c1-3-5-7-9-11-13-14-15-16-17-18-19-20-21-22-23-24-25-26-27-29-31-33-35-37-53-39-41(40-54-47-46(52)45(51)44(50)42(38-48)56-47)55-43(49)36-34-32-30-28-12-10-8-6-4-2/h5,7,11,13,15-16,18-19,21-22,24-25,27,29,41-42,44-48,50-52H,3-4,6,8-10,12,14,17,20,23,26,28,30-40H2,1-2H3/b7-5-,13-11-,16-15-,19-18-,22-21-,25-24-,29-27-. The number of ether oxygens (including phenoxy) is 4. The van der Waals surface area contributed by atoms with E-state index in [9.17, 15) is 25.2 Å². The first-order valence-electron chi connectivity index (χ1n) is 21.7. The molecule has 4 N–H and O–H groups in total. The third kappa shape index (κ3) is 28.7. The van der Waals surface area contributed by atoms with Gasteiger partial charge in [0.1, 0.15) is 30.5 Å². The molecular weight excluding hydrogens is 709 g/mol. The van der Waals surface area contributed by atoms with Crippen LogP contribution in [0.4, 0.5) is 0 Å². The highest BCUT2D eigenvalue weighted by Crippen LogP contribution is 2.22. The highest BCUT2D eigenvalue weighted by Gasteiger charge is 2.44. The zero-order chi connectivity index (χ0) is 40.7. The highest BCUT2D eigenvalue weighted by molar-refractivity contribution is 5.69. The van der Waals surface area contributed by atoms with E-state index in [1.54, 1.807) is 0 Å². The summed E-state index contributed by atoms with van der Waals surface area (Å²) < 4.78 is 22.7. The summed E-state index contributed by atoms with van der Waals surface area (Å²) in [7, 11) is 0. The van der Waals surface area contributed by atoms with Crippen molar-refractivity contribution in [3.8, 4) is 0 Å². The van der Waals surface area contributed by atoms with Crippen molar-refractivity contribution in [1.82, 2.24) is 0 Å². The first kappa shape index (κ1) is 51.4. The fraction of sp³-hybridized carbons (Fsp3) is 0.681. The van der Waals surface area contributed by atoms with Crippen LogP contribution in [-0.2, 0) is 23.7 Å². The van der Waals surface area contributed by atoms with Gasteiger partial charge in [-0.05, 0) is 70.6 Å². The molecule has 6 unspecified atom stereocenters. The molecule has 0 aromatic carbocycles. The van der Waals surface area contributed by atoms with Crippen LogP contribution >= 0.6 is 0 Å². The molecule has 0 aromatic rings. The highest BCUT2D eigenvalue weighted by atomic mass is 16.7. The van der Waals surface area contributed by atoms with Crippen molar-refractivity contribution >= 4 is 5.97 Å². The average molecular weight is 787 g/mol. The van der Waals surface area contributed by atoms with E-state index in [0.29, 0.717) is 13.0 Å². The topological polar surface area (TPSA) is 135 Å². The minimum Gasteiger partial charge on any atom is -0.457 e. The Bertz CT molecular complexity index is 1120. The van der Waals surface area contributed by atoms with E-state index < -0.39 is 43.4 Å². The Kier molecular flexibility index (Phi) is 34.8. The average Bonchev–Trinajstić information content (AvgIpc) is 3.20. The van der Waals surface area contributed by atoms with Crippen molar-refractivity contribution in [3.05, 3.63) is 85.1 Å². The monoisotopic (exact) mass is 787 g/mol. The van der Waals surface area contributed by atoms with Crippen molar-refractivity contribution in [2.45, 2.75) is 179 Å². The Morgan fingerprint density at radius 1 is 0.589 bits per heavy atom. The largest absolute Gasteiger partial charge is 0.457 e. The summed E-state index contributed by atoms with van der Waals surface area (Å²) >= 11 is 0. The van der Waals surface area contributed by atoms with E-state index in [4.69, 9.17) is 18.9 Å². The summed E-state index contributed by atoms with van der Waals surface area (Å²) in [6.07, 6.45) is 43.4. The summed E-state index contributed by atoms with van der Waals surface area (Å²) in [5.41, 5.74) is 0. The van der Waals surface area contributed by atoms with E-state index in [0.717, 1.165) is 83.5 Å². The Morgan fingerprint density at radius 2 is 1.09 bits per heavy atom. The maximum absolute atomic E-state index is 12.7. The molecular formula is C47H78O9. The molecule has 9 heteroatoms. The molecule has 1 aliphatic rings. The minimum atomic E-state index is -1.55. The molecule has 6 atom stereocenters. The quantitative estimate of drug-likeness (QED) is 0.0282. The summed E-state index contributed by atoms with van der Waals surface area (Å²) in [6.45, 7) is 4.28. The number of aliphatic hydroxyl groups is 4. The molecule has 56 heavy (non-hydrogen) atoms. The van der Waals surface area contributed by atoms with Crippen molar-refractivity contribution in [1.29, 1.82) is 0 Å². The van der Waals surface area contributed by atoms with Gasteiger partial charge in [-0.1, -0.05) is 150 Å². The fourth-order valence-corrected chi connectivity index (χ4v) is 5.94. The second kappa shape index (κ2) is 37.9. The maximum atomic E-state index is 12.7. The molecule has 1 saturated heterocycles. The number of hydrogen-bond acceptors (Lipinski definition) is 9. The van der Waals surface area contributed by atoms with Gasteiger partial charge in [0, 0.05) is 13.0 Å². The Labute approximate surface area is 339 Å². The number of esters is 1. The maximum Gasteiger partial charge on any atom is 0.306 e. The Balaban J connectivity index is 2.28. The van der Waals surface area contributed by atoms with Crippen LogP contribution in [0.3, 0.4) is 0 Å². The van der Waals surface area contributed by atoms with Crippen molar-refractivity contribution < 1.29 is 44.2 Å². The summed E-state index contributed by atoms with van der Waals surface area (Å²) in [6, 6.07) is 0. The summed E-state index contributed by atoms with van der Waals surface area (Å²) in [5, 5.41) is 40.0. The van der Waals surface area contributed by atoms with Crippen molar-refractivity contribution in [3.63, 3.8) is 0 Å². The number of carbonyl (C=O) groups is 1. The van der Waals surface area contributed by atoms with Gasteiger partial charge in [-0.25, -0.2) is 0 Å². The number of carbonyl (C=O) groups excluding carboxylic acids is 1. The predicted molar refractivity (Wildman–Crippen MR) is 228 cm³/mol. The van der Waals surface area contributed by atoms with E-state index >= 15 is 0 Å². The lowest BCUT2D eigenvalue weighted by Gasteiger charge is -2.39. The van der Waals surface area contributed by atoms with Crippen molar-refractivity contribution in [2.24, 2.45) is 0 Å². The molecule has 1 fully saturated rings. The fourth-order valence-electron chi connectivity index (χ4n) is 5.94. The van der Waals surface area contributed by atoms with Gasteiger partial charge in [-0.15, -0.1) is 0 Å². The van der Waals surface area contributed by atoms with E-state index in [1.807, 2.05) is 0 Å². The van der Waals surface area contributed by atoms with Crippen LogP contribution in [0.25, 0.3) is 0 Å². The molecule has 0 amide bonds. The lowest BCUT2D eigenvalue weighted by molar-refractivity contribution is -0.305. The molecule has 320 valence electrons. The zero-order valence-electron chi connectivity index (χ0n) is 34.8. The van der Waals surface area contributed by atoms with Crippen LogP contribution in [0, 0.1) is 0 Å². The molecule has 1 rings (SSSR count). The molecule has 0 bridgehead atoms. The van der Waals surface area contributed by atoms with E-state index in [1.165, 1.54) is 38.5 Å². The number of unbranched alkanes of at least 4 members (excludes halogenated alkanes) is 10. The van der Waals surface area contributed by atoms with Crippen molar-refractivity contribution in [2.75, 3.05) is 26.4 Å². The normalized spacial score (nSPS) is 21.4. The second-order valence-electron chi connectivity index (χ2n) is 14.4. The van der Waals surface area contributed by atoms with E-state index in [2.05, 4.69) is 98.9 Å². The third-order valence-corrected chi connectivity index (χ3v) is 9.33. The molecule has 0 spiro atoms. The molecule has 0 aliphatic carbocycles. The van der Waals surface area contributed by atoms with Gasteiger partial charge in [-0.3, -0.25) is 4.79 Å². The molecule has 0 saturated carbocycles. The number of allylic oxidation sites excluding steroid dienone is 14. The van der Waals surface area contributed by atoms with E-state index in [-0.39, 0.29) is 19.2 Å². The Hall–Kier alpha value is -2.63. The first-order chi connectivity index (χ1) is 27.4. The van der Waals surface area contributed by atoms with Crippen LogP contribution in [0.5, 0.6) is 0 Å². The van der Waals surface area contributed by atoms with Gasteiger partial charge in [0.05, 0.1) is 19.8 Å². The molecule has 1 aliphatic heterocycles. The molecule has 0 radical (unpaired) electrons. The molecule has 0 aromatic heterocycles. The lowest BCUT2D eigenvalue weighted by Crippen LogP contribution is -2.59. The minimum absolute atomic E-state index is 0.111. The molecule has 9 nitrogen and oxygen atoms in total. The van der Waals surface area contributed by atoms with Crippen LogP contribution in [-0.4, -0.2) is 89.6 Å². The number of hydrogen-bond donors (Lipinski definition) is 4. The van der Waals surface area contributed by atoms with Gasteiger partial charge in [-0.2, -0.15) is 0 Å². The van der Waals surface area contributed by atoms with Gasteiger partial charge in [0.25, 0.3) is 0 Å². The SMILES string of the molecule is CC/C=C\C/C=C\C/C=C\C/C=C\C/C=C\C/C=C\C/C=C\CCCCOCC(COC1OC(CO)C(O)C(O)C1O)OC(=O)CCCCCCCCCCC. The van der Waals surface area contributed by atoms with Crippen LogP contribution < -0.4 is 0 Å². The number of aliphatic hydroxyl groups excluding tert-OH is 4. The van der Waals surface area contributed by atoms with Crippen LogP contribution in [0.15, 0.2) is 85.1 Å². The van der Waals surface area contributed by atoms with Gasteiger partial charge in [0.15, 0.2) is 6.29 Å². The smallest absolute Gasteiger partial charge is 0.306 e. The summed E-state index contributed by atoms with van der Waals surface area (Å²) in [4.78, 5) is 12.7. The van der Waals surface area contributed by atoms with Gasteiger partial charge in [0.2, 0.25) is 0 Å². The predicted octanol–water partition coefficient (Wildman–Crippen LogP) is 9.47. The van der Waals surface area contributed by atoms with Gasteiger partial charge < -0.3 is 39.4 Å². The van der Waals surface area contributed by atoms with Gasteiger partial charge >= 0.3 is 5.97 Å². The van der Waals surface area contributed by atoms with Crippen LogP contribution in [0.2, 0.25) is 0 Å². The zero-order valence-corrected chi connectivity index (χ0v) is 34.8. The number of rotatable bonds is 35. The Morgan fingerprint density at radius 3 is 1.61 bits per heavy atom. The lowest BCUT2D eigenvalue weighted by atomic mass is 9.99. The molecule has 1 heterocycles. The van der Waals surface area contributed by atoms with Crippen LogP contribution in [0.1, 0.15) is 142 Å². The third-order valence-electron chi connectivity index (χ3n) is 9.33.